The Bertz CT molecular complexity index is 1110. The number of hydrogen-bond donors (Lipinski definition) is 0. The molecule has 1 saturated heterocycles. The molecule has 1 amide bonds. The molecule has 36 heavy (non-hydrogen) atoms. The summed E-state index contributed by atoms with van der Waals surface area (Å²) in [7, 11) is 0. The summed E-state index contributed by atoms with van der Waals surface area (Å²) in [6.07, 6.45) is 1.37. The van der Waals surface area contributed by atoms with E-state index in [1.807, 2.05) is 61.4 Å². The number of amides is 1. The lowest BCUT2D eigenvalue weighted by molar-refractivity contribution is -0.151. The molecule has 1 aromatic rings. The van der Waals surface area contributed by atoms with Crippen LogP contribution in [0.2, 0.25) is 0 Å². The molecular formula is C27H33N3O5S. The van der Waals surface area contributed by atoms with Gasteiger partial charge >= 0.3 is 11.9 Å². The number of nitrogens with zero attached hydrogens (tertiary/aromatic N) is 3. The summed E-state index contributed by atoms with van der Waals surface area (Å²) in [6, 6.07) is 9.29. The number of hydrogen-bond acceptors (Lipinski definition) is 8. The maximum Gasteiger partial charge on any atom is 0.338 e. The minimum atomic E-state index is -0.451. The van der Waals surface area contributed by atoms with Crippen molar-refractivity contribution in [2.45, 2.75) is 59.1 Å². The van der Waals surface area contributed by atoms with Crippen LogP contribution in [0.15, 0.2) is 57.7 Å². The third-order valence-corrected chi connectivity index (χ3v) is 7.29. The molecule has 3 aliphatic heterocycles. The maximum absolute atomic E-state index is 13.4. The molecule has 1 fully saturated rings. The number of piperidine rings is 1. The predicted octanol–water partition coefficient (Wildman–Crippen LogP) is 4.40. The highest BCUT2D eigenvalue weighted by Gasteiger charge is 2.42. The highest BCUT2D eigenvalue weighted by atomic mass is 32.2. The average Bonchev–Trinajstić information content (AvgIpc) is 3.25. The van der Waals surface area contributed by atoms with Crippen LogP contribution < -0.4 is 0 Å². The number of thioether (sulfide) groups is 1. The van der Waals surface area contributed by atoms with Crippen molar-refractivity contribution in [3.8, 4) is 0 Å². The van der Waals surface area contributed by atoms with Gasteiger partial charge in [-0.05, 0) is 51.5 Å². The van der Waals surface area contributed by atoms with Crippen molar-refractivity contribution in [3.63, 3.8) is 0 Å². The topological polar surface area (TPSA) is 88.5 Å². The van der Waals surface area contributed by atoms with Gasteiger partial charge in [-0.15, -0.1) is 0 Å². The van der Waals surface area contributed by atoms with E-state index in [9.17, 15) is 14.4 Å². The Balaban J connectivity index is 1.59. The van der Waals surface area contributed by atoms with Crippen LogP contribution in [-0.4, -0.2) is 58.6 Å². The van der Waals surface area contributed by atoms with E-state index < -0.39 is 12.0 Å². The number of allylic oxidation sites excluding steroid dienone is 1. The summed E-state index contributed by atoms with van der Waals surface area (Å²) in [5.41, 5.74) is 2.78. The molecule has 4 rings (SSSR count). The van der Waals surface area contributed by atoms with Crippen LogP contribution in [0.5, 0.6) is 0 Å². The Labute approximate surface area is 216 Å². The van der Waals surface area contributed by atoms with Gasteiger partial charge in [-0.3, -0.25) is 9.59 Å². The van der Waals surface area contributed by atoms with E-state index in [1.165, 1.54) is 11.8 Å². The molecule has 8 nitrogen and oxygen atoms in total. The Morgan fingerprint density at radius 3 is 2.64 bits per heavy atom. The van der Waals surface area contributed by atoms with Gasteiger partial charge in [-0.1, -0.05) is 42.1 Å². The summed E-state index contributed by atoms with van der Waals surface area (Å²) in [4.78, 5) is 47.3. The van der Waals surface area contributed by atoms with Crippen molar-refractivity contribution < 1.29 is 23.9 Å². The fourth-order valence-corrected chi connectivity index (χ4v) is 5.75. The van der Waals surface area contributed by atoms with E-state index >= 15 is 0 Å². The number of ether oxygens (including phenoxy) is 2. The monoisotopic (exact) mass is 511 g/mol. The molecule has 3 heterocycles. The second kappa shape index (κ2) is 11.3. The number of fused-ring (bicyclic) bond motifs is 1. The maximum atomic E-state index is 13.4. The zero-order valence-electron chi connectivity index (χ0n) is 21.2. The molecule has 2 atom stereocenters. The summed E-state index contributed by atoms with van der Waals surface area (Å²) in [5, 5.41) is 2.66. The predicted molar refractivity (Wildman–Crippen MR) is 139 cm³/mol. The molecule has 0 aromatic heterocycles. The number of carbonyl (C=O) groups is 3. The first-order valence-electron chi connectivity index (χ1n) is 12.4. The van der Waals surface area contributed by atoms with Crippen LogP contribution in [0.25, 0.3) is 0 Å². The van der Waals surface area contributed by atoms with Crippen molar-refractivity contribution in [1.29, 1.82) is 0 Å². The zero-order valence-corrected chi connectivity index (χ0v) is 22.0. The third kappa shape index (κ3) is 5.51. The first-order valence-corrected chi connectivity index (χ1v) is 13.3. The summed E-state index contributed by atoms with van der Waals surface area (Å²) in [6.45, 7) is 8.57. The largest absolute Gasteiger partial charge is 0.466 e. The molecule has 0 unspecified atom stereocenters. The Morgan fingerprint density at radius 2 is 1.94 bits per heavy atom. The number of aliphatic imine (C=N–C) groups is 1. The van der Waals surface area contributed by atoms with Gasteiger partial charge in [0.05, 0.1) is 42.4 Å². The van der Waals surface area contributed by atoms with E-state index in [4.69, 9.17) is 14.5 Å². The van der Waals surface area contributed by atoms with Crippen molar-refractivity contribution >= 4 is 34.8 Å². The molecule has 0 spiro atoms. The van der Waals surface area contributed by atoms with Crippen LogP contribution in [0.4, 0.5) is 0 Å². The van der Waals surface area contributed by atoms with E-state index in [2.05, 4.69) is 0 Å². The van der Waals surface area contributed by atoms with Crippen LogP contribution in [0.1, 0.15) is 58.6 Å². The zero-order chi connectivity index (χ0) is 25.8. The smallest absolute Gasteiger partial charge is 0.338 e. The second-order valence-corrected chi connectivity index (χ2v) is 10.2. The van der Waals surface area contributed by atoms with Gasteiger partial charge in [0.25, 0.3) is 0 Å². The molecule has 0 aliphatic carbocycles. The van der Waals surface area contributed by atoms with Gasteiger partial charge in [0.1, 0.15) is 0 Å². The standard InChI is InChI=1S/C27H33N3O5S/c1-5-34-25(32)20-12-9-13-29(15-20)22(31)14-21-16-36-27-28-18(4)23(26(33)35-17(2)3)24(30(21)27)19-10-7-6-8-11-19/h6-8,10-11,16-17,20,24H,5,9,12-15H2,1-4H3/t20-,24+/m0/s1. The molecule has 0 bridgehead atoms. The summed E-state index contributed by atoms with van der Waals surface area (Å²) in [5.74, 6) is -0.993. The van der Waals surface area contributed by atoms with Crippen LogP contribution in [0.3, 0.4) is 0 Å². The number of rotatable bonds is 7. The number of carbonyl (C=O) groups excluding carboxylic acids is 3. The van der Waals surface area contributed by atoms with Gasteiger partial charge in [-0.25, -0.2) is 9.79 Å². The molecule has 3 aliphatic rings. The first-order chi connectivity index (χ1) is 17.3. The number of amidine groups is 1. The highest BCUT2D eigenvalue weighted by molar-refractivity contribution is 8.16. The van der Waals surface area contributed by atoms with Crippen molar-refractivity contribution in [1.82, 2.24) is 9.80 Å². The third-order valence-electron chi connectivity index (χ3n) is 6.40. The molecule has 0 radical (unpaired) electrons. The van der Waals surface area contributed by atoms with Crippen LogP contribution in [-0.2, 0) is 23.9 Å². The number of benzene rings is 1. The number of likely N-dealkylation sites (tertiary alicyclic amines) is 1. The number of esters is 2. The van der Waals surface area contributed by atoms with Gasteiger partial charge in [0, 0.05) is 18.8 Å². The molecule has 9 heteroatoms. The molecule has 192 valence electrons. The fourth-order valence-electron chi connectivity index (χ4n) is 4.78. The molecular weight excluding hydrogens is 478 g/mol. The Hall–Kier alpha value is -3.07. The Morgan fingerprint density at radius 1 is 1.19 bits per heavy atom. The SMILES string of the molecule is CCOC(=O)[C@H]1CCCN(C(=O)CC2=CSC3=NC(C)=C(C(=O)OC(C)C)[C@@H](c4ccccc4)N23)C1. The first kappa shape index (κ1) is 26.0. The van der Waals surface area contributed by atoms with Gasteiger partial charge in [0.2, 0.25) is 5.91 Å². The second-order valence-electron chi connectivity index (χ2n) is 9.37. The van der Waals surface area contributed by atoms with Gasteiger partial charge in [-0.2, -0.15) is 0 Å². The van der Waals surface area contributed by atoms with Gasteiger partial charge < -0.3 is 19.3 Å². The average molecular weight is 512 g/mol. The van der Waals surface area contributed by atoms with Gasteiger partial charge in [0.15, 0.2) is 5.17 Å². The van der Waals surface area contributed by atoms with E-state index in [0.717, 1.165) is 29.3 Å². The minimum Gasteiger partial charge on any atom is -0.466 e. The van der Waals surface area contributed by atoms with Crippen LogP contribution in [0, 0.1) is 5.92 Å². The summed E-state index contributed by atoms with van der Waals surface area (Å²) >= 11 is 1.45. The molecule has 1 aromatic carbocycles. The van der Waals surface area contributed by atoms with E-state index in [0.29, 0.717) is 31.0 Å². The summed E-state index contributed by atoms with van der Waals surface area (Å²) < 4.78 is 10.8. The van der Waals surface area contributed by atoms with Crippen molar-refractivity contribution in [2.24, 2.45) is 10.9 Å². The lowest BCUT2D eigenvalue weighted by Crippen LogP contribution is -2.44. The highest BCUT2D eigenvalue weighted by Crippen LogP contribution is 2.45. The minimum absolute atomic E-state index is 0.0542. The molecule has 0 saturated carbocycles. The van der Waals surface area contributed by atoms with E-state index in [1.54, 1.807) is 11.8 Å². The lowest BCUT2D eigenvalue weighted by atomic mass is 9.93. The Kier molecular flexibility index (Phi) is 8.18. The van der Waals surface area contributed by atoms with Crippen LogP contribution >= 0.6 is 11.8 Å². The normalized spacial score (nSPS) is 21.7. The van der Waals surface area contributed by atoms with Crippen molar-refractivity contribution in [3.05, 3.63) is 58.3 Å². The molecule has 0 N–H and O–H groups in total. The lowest BCUT2D eigenvalue weighted by Gasteiger charge is -2.37. The quantitative estimate of drug-likeness (QED) is 0.501. The van der Waals surface area contributed by atoms with E-state index in [-0.39, 0.29) is 30.3 Å². The fraction of sp³-hybridized carbons (Fsp3) is 0.481. The van der Waals surface area contributed by atoms with Crippen molar-refractivity contribution in [2.75, 3.05) is 19.7 Å².